The maximum atomic E-state index is 11.5. The molecular weight excluding hydrogens is 305 g/mol. The zero-order valence-electron chi connectivity index (χ0n) is 8.24. The van der Waals surface area contributed by atoms with Gasteiger partial charge in [0, 0.05) is 11.6 Å². The SMILES string of the molecule is CCOC(=O)c1ccc2ccn(I)c2c1. The average Bonchev–Trinajstić information content (AvgIpc) is 2.60. The third kappa shape index (κ3) is 1.99. The third-order valence-electron chi connectivity index (χ3n) is 2.16. The highest BCUT2D eigenvalue weighted by atomic mass is 127. The molecular formula is C11H10INO2. The fourth-order valence-electron chi connectivity index (χ4n) is 1.44. The van der Waals surface area contributed by atoms with Gasteiger partial charge in [0.2, 0.25) is 0 Å². The van der Waals surface area contributed by atoms with Crippen LogP contribution in [0.4, 0.5) is 0 Å². The molecule has 0 fully saturated rings. The van der Waals surface area contributed by atoms with Crippen molar-refractivity contribution in [2.45, 2.75) is 6.92 Å². The lowest BCUT2D eigenvalue weighted by atomic mass is 10.2. The minimum absolute atomic E-state index is 0.267. The summed E-state index contributed by atoms with van der Waals surface area (Å²) in [7, 11) is 0. The summed E-state index contributed by atoms with van der Waals surface area (Å²) in [5.41, 5.74) is 1.63. The number of hydrogen-bond donors (Lipinski definition) is 0. The maximum absolute atomic E-state index is 11.5. The van der Waals surface area contributed by atoms with Crippen molar-refractivity contribution in [3.8, 4) is 0 Å². The number of benzene rings is 1. The normalized spacial score (nSPS) is 10.5. The Morgan fingerprint density at radius 3 is 3.00 bits per heavy atom. The second-order valence-electron chi connectivity index (χ2n) is 3.12. The van der Waals surface area contributed by atoms with Crippen molar-refractivity contribution >= 4 is 39.7 Å². The van der Waals surface area contributed by atoms with Crippen LogP contribution in [0.15, 0.2) is 30.5 Å². The zero-order valence-corrected chi connectivity index (χ0v) is 10.4. The first-order chi connectivity index (χ1) is 7.22. The van der Waals surface area contributed by atoms with Gasteiger partial charge in [-0.05, 0) is 25.1 Å². The number of rotatable bonds is 2. The molecule has 0 aliphatic heterocycles. The first-order valence-corrected chi connectivity index (χ1v) is 5.63. The number of carbonyl (C=O) groups is 1. The number of nitrogens with zero attached hydrogens (tertiary/aromatic N) is 1. The minimum atomic E-state index is -0.267. The Kier molecular flexibility index (Phi) is 2.95. The lowest BCUT2D eigenvalue weighted by Gasteiger charge is -2.02. The molecule has 0 saturated carbocycles. The predicted octanol–water partition coefficient (Wildman–Crippen LogP) is 3.02. The smallest absolute Gasteiger partial charge is 0.338 e. The van der Waals surface area contributed by atoms with E-state index in [2.05, 4.69) is 22.9 Å². The summed E-state index contributed by atoms with van der Waals surface area (Å²) >= 11 is 2.18. The maximum Gasteiger partial charge on any atom is 0.338 e. The van der Waals surface area contributed by atoms with E-state index in [1.165, 1.54) is 0 Å². The zero-order chi connectivity index (χ0) is 10.8. The van der Waals surface area contributed by atoms with Gasteiger partial charge in [-0.3, -0.25) is 2.78 Å². The summed E-state index contributed by atoms with van der Waals surface area (Å²) in [6.45, 7) is 2.21. The van der Waals surface area contributed by atoms with Crippen molar-refractivity contribution in [2.24, 2.45) is 0 Å². The lowest BCUT2D eigenvalue weighted by molar-refractivity contribution is 0.0526. The molecule has 4 heteroatoms. The van der Waals surface area contributed by atoms with Crippen LogP contribution in [-0.4, -0.2) is 15.4 Å². The van der Waals surface area contributed by atoms with Crippen LogP contribution in [-0.2, 0) is 4.74 Å². The molecule has 3 nitrogen and oxygen atoms in total. The molecule has 0 saturated heterocycles. The Hall–Kier alpha value is -1.04. The van der Waals surface area contributed by atoms with Gasteiger partial charge in [-0.25, -0.2) is 4.79 Å². The highest BCUT2D eigenvalue weighted by Crippen LogP contribution is 2.19. The molecule has 0 radical (unpaired) electrons. The summed E-state index contributed by atoms with van der Waals surface area (Å²) in [6, 6.07) is 7.57. The molecule has 1 heterocycles. The van der Waals surface area contributed by atoms with Crippen molar-refractivity contribution in [2.75, 3.05) is 6.61 Å². The number of hydrogen-bond acceptors (Lipinski definition) is 2. The van der Waals surface area contributed by atoms with Gasteiger partial charge >= 0.3 is 5.97 Å². The van der Waals surface area contributed by atoms with E-state index in [9.17, 15) is 4.79 Å². The Bertz CT molecular complexity index is 504. The van der Waals surface area contributed by atoms with E-state index in [0.717, 1.165) is 10.9 Å². The Morgan fingerprint density at radius 1 is 1.47 bits per heavy atom. The van der Waals surface area contributed by atoms with Gasteiger partial charge in [-0.1, -0.05) is 6.07 Å². The van der Waals surface area contributed by atoms with Crippen molar-refractivity contribution < 1.29 is 9.53 Å². The summed E-state index contributed by atoms with van der Waals surface area (Å²) in [4.78, 5) is 11.5. The number of fused-ring (bicyclic) bond motifs is 1. The van der Waals surface area contributed by atoms with Gasteiger partial charge in [0.05, 0.1) is 40.6 Å². The number of esters is 1. The fourth-order valence-corrected chi connectivity index (χ4v) is 2.02. The second-order valence-corrected chi connectivity index (χ2v) is 4.16. The van der Waals surface area contributed by atoms with Gasteiger partial charge < -0.3 is 4.74 Å². The van der Waals surface area contributed by atoms with Gasteiger partial charge in [0.25, 0.3) is 0 Å². The Balaban J connectivity index is 2.45. The summed E-state index contributed by atoms with van der Waals surface area (Å²) in [6.07, 6.45) is 1.96. The first-order valence-electron chi connectivity index (χ1n) is 4.66. The molecule has 1 aromatic carbocycles. The summed E-state index contributed by atoms with van der Waals surface area (Å²) in [5.74, 6) is -0.267. The number of halogens is 1. The molecule has 0 N–H and O–H groups in total. The molecule has 2 aromatic rings. The van der Waals surface area contributed by atoms with Crippen molar-refractivity contribution in [3.05, 3.63) is 36.0 Å². The summed E-state index contributed by atoms with van der Waals surface area (Å²) < 4.78 is 6.90. The predicted molar refractivity (Wildman–Crippen MR) is 67.3 cm³/mol. The van der Waals surface area contributed by atoms with Gasteiger partial charge in [0.1, 0.15) is 0 Å². The van der Waals surface area contributed by atoms with E-state index >= 15 is 0 Å². The minimum Gasteiger partial charge on any atom is -0.462 e. The molecule has 0 atom stereocenters. The topological polar surface area (TPSA) is 31.2 Å². The van der Waals surface area contributed by atoms with E-state index in [1.54, 1.807) is 13.0 Å². The Labute approximate surface area is 102 Å². The van der Waals surface area contributed by atoms with Gasteiger partial charge in [-0.15, -0.1) is 0 Å². The van der Waals surface area contributed by atoms with Crippen molar-refractivity contribution in [1.29, 1.82) is 0 Å². The van der Waals surface area contributed by atoms with E-state index in [4.69, 9.17) is 4.74 Å². The van der Waals surface area contributed by atoms with Crippen LogP contribution < -0.4 is 0 Å². The molecule has 1 aromatic heterocycles. The fraction of sp³-hybridized carbons (Fsp3) is 0.182. The molecule has 0 bridgehead atoms. The molecule has 15 heavy (non-hydrogen) atoms. The van der Waals surface area contributed by atoms with Crippen LogP contribution in [0.3, 0.4) is 0 Å². The molecule has 0 aliphatic carbocycles. The molecule has 0 amide bonds. The molecule has 0 unspecified atom stereocenters. The van der Waals surface area contributed by atoms with Crippen LogP contribution in [0.5, 0.6) is 0 Å². The average molecular weight is 315 g/mol. The molecule has 0 spiro atoms. The van der Waals surface area contributed by atoms with E-state index in [1.807, 2.05) is 27.2 Å². The Morgan fingerprint density at radius 2 is 2.27 bits per heavy atom. The second kappa shape index (κ2) is 4.22. The number of ether oxygens (including phenoxy) is 1. The van der Waals surface area contributed by atoms with Crippen molar-refractivity contribution in [1.82, 2.24) is 2.78 Å². The monoisotopic (exact) mass is 315 g/mol. The summed E-state index contributed by atoms with van der Waals surface area (Å²) in [5, 5.41) is 1.12. The molecule has 2 rings (SSSR count). The molecule has 0 aliphatic rings. The largest absolute Gasteiger partial charge is 0.462 e. The van der Waals surface area contributed by atoms with Crippen LogP contribution in [0.1, 0.15) is 17.3 Å². The van der Waals surface area contributed by atoms with Gasteiger partial charge in [0.15, 0.2) is 0 Å². The third-order valence-corrected chi connectivity index (χ3v) is 3.00. The van der Waals surface area contributed by atoms with Crippen molar-refractivity contribution in [3.63, 3.8) is 0 Å². The highest BCUT2D eigenvalue weighted by molar-refractivity contribution is 14.1. The first kappa shape index (κ1) is 10.5. The van der Waals surface area contributed by atoms with E-state index in [-0.39, 0.29) is 5.97 Å². The molecule has 78 valence electrons. The lowest BCUT2D eigenvalue weighted by Crippen LogP contribution is -2.04. The van der Waals surface area contributed by atoms with Gasteiger partial charge in [-0.2, -0.15) is 0 Å². The van der Waals surface area contributed by atoms with Crippen LogP contribution in [0, 0.1) is 0 Å². The highest BCUT2D eigenvalue weighted by Gasteiger charge is 2.08. The van der Waals surface area contributed by atoms with Crippen LogP contribution in [0.25, 0.3) is 10.9 Å². The number of carbonyl (C=O) groups excluding carboxylic acids is 1. The van der Waals surface area contributed by atoms with Crippen LogP contribution in [0.2, 0.25) is 0 Å². The quantitative estimate of drug-likeness (QED) is 0.630. The van der Waals surface area contributed by atoms with E-state index < -0.39 is 0 Å². The number of aromatic nitrogens is 1. The standard InChI is InChI=1S/C11H10INO2/c1-2-15-11(14)9-4-3-8-5-6-13(12)10(8)7-9/h3-7H,2H2,1H3. The van der Waals surface area contributed by atoms with E-state index in [0.29, 0.717) is 12.2 Å². The van der Waals surface area contributed by atoms with Crippen LogP contribution >= 0.6 is 22.9 Å².